The summed E-state index contributed by atoms with van der Waals surface area (Å²) in [6, 6.07) is -0.845. The molecule has 0 radical (unpaired) electrons. The van der Waals surface area contributed by atoms with Crippen LogP contribution in [0.4, 0.5) is 0 Å². The number of nitrogens with one attached hydrogen (secondary N) is 2. The van der Waals surface area contributed by atoms with Crippen molar-refractivity contribution in [1.29, 1.82) is 0 Å². The van der Waals surface area contributed by atoms with Crippen LogP contribution in [0, 0.1) is 6.92 Å². The zero-order valence-electron chi connectivity index (χ0n) is 16.7. The number of β-lactam (4-membered cyclic amide) rings is 1. The van der Waals surface area contributed by atoms with Gasteiger partial charge in [0, 0.05) is 11.0 Å². The van der Waals surface area contributed by atoms with Gasteiger partial charge < -0.3 is 19.7 Å². The van der Waals surface area contributed by atoms with Crippen LogP contribution >= 0.6 is 23.5 Å². The molecule has 0 aliphatic carbocycles. The maximum atomic E-state index is 12.7. The summed E-state index contributed by atoms with van der Waals surface area (Å²) < 4.78 is 4.90. The Morgan fingerprint density at radius 3 is 2.87 bits per heavy atom. The van der Waals surface area contributed by atoms with Crippen molar-refractivity contribution in [2.24, 2.45) is 0 Å². The topological polar surface area (TPSA) is 183 Å². The van der Waals surface area contributed by atoms with Gasteiger partial charge in [0.1, 0.15) is 17.8 Å². The van der Waals surface area contributed by atoms with Gasteiger partial charge in [-0.15, -0.1) is 22.0 Å². The molecule has 2 aromatic heterocycles. The van der Waals surface area contributed by atoms with Crippen LogP contribution in [0.1, 0.15) is 18.6 Å². The summed E-state index contributed by atoms with van der Waals surface area (Å²) in [4.78, 5) is 41.8. The SMILES string of the molecule is Cc1noc(CC(=O)NC2C(=O)N3C(C(=O)[O-])=C(C(C)Sc4nn[nH]n4)CS[C@@H]23)n1.[Na+]. The number of aromatic amines is 1. The fourth-order valence-electron chi connectivity index (χ4n) is 3.15. The number of carbonyl (C=O) groups excluding carboxylic acids is 3. The molecular formula is C15H15N8NaO5S2. The molecule has 4 heterocycles. The van der Waals surface area contributed by atoms with Crippen LogP contribution in [0.2, 0.25) is 0 Å². The second-order valence-electron chi connectivity index (χ2n) is 6.48. The minimum Gasteiger partial charge on any atom is -0.543 e. The smallest absolute Gasteiger partial charge is 0.543 e. The molecule has 0 saturated carbocycles. The van der Waals surface area contributed by atoms with E-state index in [0.29, 0.717) is 22.3 Å². The average Bonchev–Trinajstić information content (AvgIpc) is 3.36. The molecule has 13 nitrogen and oxygen atoms in total. The van der Waals surface area contributed by atoms with Crippen LogP contribution in [-0.2, 0) is 20.8 Å². The Labute approximate surface area is 205 Å². The van der Waals surface area contributed by atoms with Gasteiger partial charge in [0.2, 0.25) is 17.0 Å². The molecule has 158 valence electrons. The van der Waals surface area contributed by atoms with Crippen LogP contribution < -0.4 is 40.0 Å². The van der Waals surface area contributed by atoms with E-state index < -0.39 is 29.2 Å². The first-order valence-electron chi connectivity index (χ1n) is 8.73. The number of tetrazole rings is 1. The molecule has 2 unspecified atom stereocenters. The molecule has 2 aliphatic rings. The Balaban J connectivity index is 0.00000272. The summed E-state index contributed by atoms with van der Waals surface area (Å²) in [5.41, 5.74) is 0.343. The summed E-state index contributed by atoms with van der Waals surface area (Å²) in [5, 5.41) is 31.0. The van der Waals surface area contributed by atoms with Crippen LogP contribution in [0.15, 0.2) is 20.9 Å². The van der Waals surface area contributed by atoms with E-state index in [2.05, 4.69) is 36.1 Å². The van der Waals surface area contributed by atoms with E-state index in [0.717, 1.165) is 4.90 Å². The summed E-state index contributed by atoms with van der Waals surface area (Å²) >= 11 is 2.57. The van der Waals surface area contributed by atoms with Gasteiger partial charge in [0.15, 0.2) is 5.82 Å². The van der Waals surface area contributed by atoms with Crippen LogP contribution in [0.25, 0.3) is 0 Å². The quantitative estimate of drug-likeness (QED) is 0.222. The van der Waals surface area contributed by atoms with Gasteiger partial charge in [-0.1, -0.05) is 16.9 Å². The van der Waals surface area contributed by atoms with Crippen LogP contribution in [0.3, 0.4) is 0 Å². The molecule has 0 spiro atoms. The molecule has 2 N–H and O–H groups in total. The Hall–Kier alpha value is -1.94. The van der Waals surface area contributed by atoms with Gasteiger partial charge in [-0.2, -0.15) is 10.2 Å². The number of hydrogen-bond donors (Lipinski definition) is 2. The number of H-pyrrole nitrogens is 1. The first-order chi connectivity index (χ1) is 14.3. The second-order valence-corrected chi connectivity index (χ2v) is 8.90. The molecule has 2 amide bonds. The molecule has 3 atom stereocenters. The molecule has 2 aliphatic heterocycles. The van der Waals surface area contributed by atoms with E-state index in [1.165, 1.54) is 23.5 Å². The molecule has 1 fully saturated rings. The summed E-state index contributed by atoms with van der Waals surface area (Å²) in [5.74, 6) is -1.56. The minimum absolute atomic E-state index is 0. The summed E-state index contributed by atoms with van der Waals surface area (Å²) in [7, 11) is 0. The third-order valence-electron chi connectivity index (χ3n) is 4.49. The Morgan fingerprint density at radius 1 is 1.48 bits per heavy atom. The molecule has 16 heteroatoms. The Kier molecular flexibility index (Phi) is 7.41. The molecule has 4 rings (SSSR count). The first-order valence-corrected chi connectivity index (χ1v) is 10.7. The van der Waals surface area contributed by atoms with Crippen LogP contribution in [-0.4, -0.2) is 75.9 Å². The third kappa shape index (κ3) is 4.79. The van der Waals surface area contributed by atoms with E-state index in [9.17, 15) is 19.5 Å². The first kappa shape index (κ1) is 23.7. The number of aliphatic carboxylic acids is 1. The number of fused-ring (bicyclic) bond motifs is 1. The van der Waals surface area contributed by atoms with Gasteiger partial charge in [0.25, 0.3) is 5.91 Å². The number of carbonyl (C=O) groups is 3. The fourth-order valence-corrected chi connectivity index (χ4v) is 5.56. The molecule has 2 aromatic rings. The van der Waals surface area contributed by atoms with E-state index in [1.807, 2.05) is 0 Å². The number of carboxylic acids is 1. The van der Waals surface area contributed by atoms with Crippen LogP contribution in [0.5, 0.6) is 0 Å². The van der Waals surface area contributed by atoms with Gasteiger partial charge in [0.05, 0.1) is 11.7 Å². The normalized spacial score (nSPS) is 21.1. The number of amides is 2. The number of thioether (sulfide) groups is 2. The van der Waals surface area contributed by atoms with E-state index in [1.54, 1.807) is 13.8 Å². The maximum absolute atomic E-state index is 12.7. The zero-order valence-corrected chi connectivity index (χ0v) is 20.3. The van der Waals surface area contributed by atoms with Gasteiger partial charge in [-0.25, -0.2) is 0 Å². The van der Waals surface area contributed by atoms with Crippen molar-refractivity contribution in [2.75, 3.05) is 5.75 Å². The number of aryl methyl sites for hydroxylation is 1. The summed E-state index contributed by atoms with van der Waals surface area (Å²) in [6.45, 7) is 3.41. The third-order valence-corrected chi connectivity index (χ3v) is 6.81. The predicted molar refractivity (Wildman–Crippen MR) is 99.3 cm³/mol. The number of nitrogens with zero attached hydrogens (tertiary/aromatic N) is 6. The number of carboxylic acid groups (broad SMARTS) is 1. The summed E-state index contributed by atoms with van der Waals surface area (Å²) in [6.07, 6.45) is -0.172. The maximum Gasteiger partial charge on any atom is 1.00 e. The van der Waals surface area contributed by atoms with E-state index in [-0.39, 0.29) is 52.8 Å². The van der Waals surface area contributed by atoms with Gasteiger partial charge in [-0.05, 0) is 24.6 Å². The number of aromatic nitrogens is 6. The van der Waals surface area contributed by atoms with Gasteiger partial charge in [-0.3, -0.25) is 14.5 Å². The zero-order chi connectivity index (χ0) is 21.4. The molecule has 31 heavy (non-hydrogen) atoms. The largest absolute Gasteiger partial charge is 1.00 e. The molecule has 0 bridgehead atoms. The Morgan fingerprint density at radius 2 is 2.26 bits per heavy atom. The molecular weight excluding hydrogens is 459 g/mol. The van der Waals surface area contributed by atoms with Crippen molar-refractivity contribution in [1.82, 2.24) is 41.0 Å². The number of rotatable bonds is 7. The van der Waals surface area contributed by atoms with Crippen molar-refractivity contribution in [2.45, 2.75) is 42.1 Å². The standard InChI is InChI=1S/C15H16N8O5S2.Na/c1-5(30-15-18-21-22-19-15)7-4-29-13-10(12(25)23(13)11(7)14(26)27)17-8(24)3-9-16-6(2)20-28-9;/h5,10,13H,3-4H2,1-2H3,(H,17,24)(H,26,27)(H,18,19,21,22);/q;+1/p-1/t5?,10?,13-;/m0./s1. The van der Waals surface area contributed by atoms with Crippen molar-refractivity contribution in [3.8, 4) is 0 Å². The Bertz CT molecular complexity index is 1030. The van der Waals surface area contributed by atoms with Crippen molar-refractivity contribution in [3.63, 3.8) is 0 Å². The van der Waals surface area contributed by atoms with E-state index in [4.69, 9.17) is 4.52 Å². The van der Waals surface area contributed by atoms with E-state index >= 15 is 0 Å². The average molecular weight is 474 g/mol. The molecule has 1 saturated heterocycles. The molecule has 0 aromatic carbocycles. The van der Waals surface area contributed by atoms with Crippen molar-refractivity contribution < 1.29 is 53.6 Å². The fraction of sp³-hybridized carbons (Fsp3) is 0.467. The predicted octanol–water partition coefficient (Wildman–Crippen LogP) is -4.98. The van der Waals surface area contributed by atoms with Crippen molar-refractivity contribution >= 4 is 41.3 Å². The monoisotopic (exact) mass is 474 g/mol. The minimum atomic E-state index is -1.45. The van der Waals surface area contributed by atoms with Gasteiger partial charge >= 0.3 is 29.6 Å². The van der Waals surface area contributed by atoms with Crippen molar-refractivity contribution in [3.05, 3.63) is 23.0 Å². The second kappa shape index (κ2) is 9.68. The number of hydrogen-bond acceptors (Lipinski definition) is 12.